The zero-order valence-corrected chi connectivity index (χ0v) is 5.38. The van der Waals surface area contributed by atoms with Gasteiger partial charge in [0.15, 0.2) is 0 Å². The van der Waals surface area contributed by atoms with E-state index in [1.165, 1.54) is 0 Å². The van der Waals surface area contributed by atoms with Gasteiger partial charge in [0.25, 0.3) is 0 Å². The fourth-order valence-corrected chi connectivity index (χ4v) is 0. The topological polar surface area (TPSA) is 54.4 Å². The van der Waals surface area contributed by atoms with E-state index in [1.54, 1.807) is 0 Å². The molecule has 1 atom stereocenters. The molecule has 0 aromatic heterocycles. The summed E-state index contributed by atoms with van der Waals surface area (Å²) in [4.78, 5) is 10.4. The molecule has 0 aromatic rings. The van der Waals surface area contributed by atoms with Crippen LogP contribution >= 0.6 is 18.8 Å². The zero-order chi connectivity index (χ0) is 5.21. The minimum atomic E-state index is -3.91. The maximum absolute atomic E-state index is 9.84. The quantitative estimate of drug-likeness (QED) is 0.285. The average Bonchev–Trinajstić information content (AvgIpc) is 1.35. The van der Waals surface area contributed by atoms with E-state index >= 15 is 0 Å². The summed E-state index contributed by atoms with van der Waals surface area (Å²) in [5.41, 5.74) is 0. The summed E-state index contributed by atoms with van der Waals surface area (Å²) in [7, 11) is 0. The Bertz CT molecular complexity index is 91.0. The second-order valence-corrected chi connectivity index (χ2v) is 5.95. The van der Waals surface area contributed by atoms with Crippen LogP contribution in [0, 0.1) is 0 Å². The van der Waals surface area contributed by atoms with Crippen molar-refractivity contribution in [2.75, 3.05) is 4.93 Å². The average molecular weight is 204 g/mol. The molecule has 0 amide bonds. The molecule has 0 saturated heterocycles. The van der Waals surface area contributed by atoms with E-state index in [0.29, 0.717) is 0 Å². The first-order valence-electron chi connectivity index (χ1n) is 1.16. The molecule has 0 fully saturated rings. The van der Waals surface area contributed by atoms with E-state index in [2.05, 4.69) is 0 Å². The van der Waals surface area contributed by atoms with Crippen LogP contribution < -0.4 is 0 Å². The van der Waals surface area contributed by atoms with Crippen LogP contribution in [0.2, 0.25) is 0 Å². The number of rotatable bonds is 1. The van der Waals surface area contributed by atoms with Crippen molar-refractivity contribution >= 4 is 23.1 Å². The van der Waals surface area contributed by atoms with E-state index in [9.17, 15) is 7.86 Å². The van der Waals surface area contributed by atoms with Gasteiger partial charge in [-0.1, -0.05) is 0 Å². The third kappa shape index (κ3) is 4.16. The number of carbonyl (C=O) groups is 1. The minimum absolute atomic E-state index is 0.117. The van der Waals surface area contributed by atoms with Crippen molar-refractivity contribution in [2.45, 2.75) is 0 Å². The third-order valence-corrected chi connectivity index (χ3v) is 1.11. The molecule has 0 aliphatic rings. The standard InChI is InChI=1S/C2H5IO3/c1-3(5,6)2-4/h2H,1H3,(H,5,6). The van der Waals surface area contributed by atoms with E-state index in [1.807, 2.05) is 0 Å². The van der Waals surface area contributed by atoms with Gasteiger partial charge in [0.1, 0.15) is 0 Å². The van der Waals surface area contributed by atoms with Crippen molar-refractivity contribution in [3.63, 3.8) is 0 Å². The predicted octanol–water partition coefficient (Wildman–Crippen LogP) is 0.101. The van der Waals surface area contributed by atoms with E-state index in [4.69, 9.17) is 3.44 Å². The molecule has 4 heteroatoms. The molecule has 0 aliphatic carbocycles. The Hall–Kier alpha value is 0.160. The second-order valence-electron chi connectivity index (χ2n) is 0.886. The Kier molecular flexibility index (Phi) is 1.79. The van der Waals surface area contributed by atoms with Crippen LogP contribution in [-0.4, -0.2) is 12.7 Å². The van der Waals surface area contributed by atoms with Crippen LogP contribution in [0.1, 0.15) is 0 Å². The van der Waals surface area contributed by atoms with Crippen LogP contribution in [-0.2, 0) is 7.86 Å². The number of carbonyl (C=O) groups excluding carboxylic acids is 1. The van der Waals surface area contributed by atoms with E-state index in [-0.39, 0.29) is 4.29 Å². The molecular weight excluding hydrogens is 199 g/mol. The predicted molar refractivity (Wildman–Crippen MR) is 29.6 cm³/mol. The van der Waals surface area contributed by atoms with Gasteiger partial charge in [-0.2, -0.15) is 0 Å². The van der Waals surface area contributed by atoms with Crippen LogP contribution in [0.5, 0.6) is 0 Å². The monoisotopic (exact) mass is 204 g/mol. The Balaban J connectivity index is 3.81. The summed E-state index contributed by atoms with van der Waals surface area (Å²) < 4.78 is 18.0. The number of hydrogen-bond acceptors (Lipinski definition) is 2. The molecule has 1 unspecified atom stereocenters. The molecule has 0 radical (unpaired) electrons. The summed E-state index contributed by atoms with van der Waals surface area (Å²) in [5.74, 6) is 0. The number of alkyl halides is 1. The first-order valence-corrected chi connectivity index (χ1v) is 6.40. The third-order valence-electron chi connectivity index (χ3n) is 0.165. The normalized spacial score (nSPS) is 24.3. The molecule has 0 aliphatic heterocycles. The molecule has 0 heterocycles. The number of halogens is 1. The van der Waals surface area contributed by atoms with Crippen molar-refractivity contribution < 1.29 is 11.3 Å². The first-order chi connectivity index (χ1) is 2.56. The Labute approximate surface area is 39.8 Å². The van der Waals surface area contributed by atoms with Crippen LogP contribution in [0.15, 0.2) is 0 Å². The molecule has 0 bridgehead atoms. The molecule has 0 saturated carbocycles. The molecule has 0 rings (SSSR count). The Morgan fingerprint density at radius 3 is 2.00 bits per heavy atom. The van der Waals surface area contributed by atoms with Crippen LogP contribution in [0.3, 0.4) is 0 Å². The van der Waals surface area contributed by atoms with Gasteiger partial charge < -0.3 is 0 Å². The van der Waals surface area contributed by atoms with Gasteiger partial charge in [0, 0.05) is 0 Å². The van der Waals surface area contributed by atoms with Gasteiger partial charge in [0.05, 0.1) is 0 Å². The van der Waals surface area contributed by atoms with Crippen LogP contribution in [0.4, 0.5) is 0 Å². The fourth-order valence-electron chi connectivity index (χ4n) is 0. The van der Waals surface area contributed by atoms with Crippen molar-refractivity contribution in [3.05, 3.63) is 0 Å². The molecule has 1 N–H and O–H groups in total. The summed E-state index contributed by atoms with van der Waals surface area (Å²) in [5, 5.41) is 0. The zero-order valence-electron chi connectivity index (χ0n) is 3.22. The van der Waals surface area contributed by atoms with Crippen molar-refractivity contribution in [3.8, 4) is 0 Å². The summed E-state index contributed by atoms with van der Waals surface area (Å²) in [6.45, 7) is 0. The van der Waals surface area contributed by atoms with Gasteiger partial charge in [-0.3, -0.25) is 0 Å². The van der Waals surface area contributed by atoms with Gasteiger partial charge in [-0.25, -0.2) is 0 Å². The van der Waals surface area contributed by atoms with Crippen molar-refractivity contribution in [2.24, 2.45) is 0 Å². The number of hydrogen-bond donors (Lipinski definition) is 1. The van der Waals surface area contributed by atoms with Crippen molar-refractivity contribution in [1.82, 2.24) is 0 Å². The first kappa shape index (κ1) is 6.16. The molecule has 3 nitrogen and oxygen atoms in total. The molecule has 0 spiro atoms. The SMILES string of the molecule is CI(=O)(O)C=O. The molecule has 6 heavy (non-hydrogen) atoms. The van der Waals surface area contributed by atoms with E-state index in [0.717, 1.165) is 4.93 Å². The van der Waals surface area contributed by atoms with Gasteiger partial charge in [-0.15, -0.1) is 0 Å². The summed E-state index contributed by atoms with van der Waals surface area (Å²) >= 11 is -3.91. The summed E-state index contributed by atoms with van der Waals surface area (Å²) in [6.07, 6.45) is 0. The van der Waals surface area contributed by atoms with Gasteiger partial charge in [0.2, 0.25) is 0 Å². The van der Waals surface area contributed by atoms with Gasteiger partial charge in [-0.05, 0) is 0 Å². The second kappa shape index (κ2) is 1.74. The van der Waals surface area contributed by atoms with E-state index < -0.39 is 18.8 Å². The molecule has 38 valence electrons. The molecule has 0 aromatic carbocycles. The van der Waals surface area contributed by atoms with Crippen molar-refractivity contribution in [1.29, 1.82) is 0 Å². The Morgan fingerprint density at radius 1 is 1.83 bits per heavy atom. The fraction of sp³-hybridized carbons (Fsp3) is 0.500. The van der Waals surface area contributed by atoms with Gasteiger partial charge >= 0.3 is 39.4 Å². The molecular formula is C2H5IO3. The Morgan fingerprint density at radius 2 is 2.00 bits per heavy atom. The van der Waals surface area contributed by atoms with Crippen LogP contribution in [0.25, 0.3) is 0 Å². The maximum atomic E-state index is 9.84. The summed E-state index contributed by atoms with van der Waals surface area (Å²) in [6, 6.07) is 0.